The highest BCUT2D eigenvalue weighted by atomic mass is 32.2. The second-order valence-electron chi connectivity index (χ2n) is 5.80. The monoisotopic (exact) mass is 319 g/mol. The summed E-state index contributed by atoms with van der Waals surface area (Å²) in [6.45, 7) is 4.23. The summed E-state index contributed by atoms with van der Waals surface area (Å²) >= 11 is 1.80. The van der Waals surface area contributed by atoms with E-state index in [1.54, 1.807) is 11.8 Å². The standard InChI is InChI=1S/C21H21NS/c1-16-4-8-18(9-5-16)22(3)19-10-14-21(15-11-19)23-20-12-6-17(2)7-13-20/h4-15H,1-3H3. The van der Waals surface area contributed by atoms with Crippen molar-refractivity contribution in [3.63, 3.8) is 0 Å². The zero-order valence-corrected chi connectivity index (χ0v) is 14.6. The van der Waals surface area contributed by atoms with Crippen LogP contribution in [-0.2, 0) is 0 Å². The van der Waals surface area contributed by atoms with Crippen molar-refractivity contribution in [3.05, 3.63) is 83.9 Å². The summed E-state index contributed by atoms with van der Waals surface area (Å²) in [6, 6.07) is 26.0. The minimum atomic E-state index is 1.20. The molecule has 0 aliphatic heterocycles. The molecule has 0 N–H and O–H groups in total. The van der Waals surface area contributed by atoms with Gasteiger partial charge in [0.05, 0.1) is 0 Å². The molecule has 3 aromatic carbocycles. The fraction of sp³-hybridized carbons (Fsp3) is 0.143. The zero-order chi connectivity index (χ0) is 16.2. The van der Waals surface area contributed by atoms with Crippen molar-refractivity contribution in [2.24, 2.45) is 0 Å². The third-order valence-electron chi connectivity index (χ3n) is 3.90. The van der Waals surface area contributed by atoms with E-state index >= 15 is 0 Å². The minimum Gasteiger partial charge on any atom is -0.345 e. The average Bonchev–Trinajstić information content (AvgIpc) is 2.58. The van der Waals surface area contributed by atoms with Crippen LogP contribution in [0.2, 0.25) is 0 Å². The zero-order valence-electron chi connectivity index (χ0n) is 13.8. The molecular weight excluding hydrogens is 298 g/mol. The van der Waals surface area contributed by atoms with Gasteiger partial charge < -0.3 is 4.90 Å². The predicted octanol–water partition coefficient (Wildman–Crippen LogP) is 6.22. The maximum absolute atomic E-state index is 2.21. The van der Waals surface area contributed by atoms with Crippen LogP contribution in [0.25, 0.3) is 0 Å². The molecule has 23 heavy (non-hydrogen) atoms. The van der Waals surface area contributed by atoms with Gasteiger partial charge in [-0.05, 0) is 62.4 Å². The summed E-state index contributed by atoms with van der Waals surface area (Å²) < 4.78 is 0. The molecular formula is C21H21NS. The minimum absolute atomic E-state index is 1.20. The smallest absolute Gasteiger partial charge is 0.0408 e. The summed E-state index contributed by atoms with van der Waals surface area (Å²) in [5.74, 6) is 0. The quantitative estimate of drug-likeness (QED) is 0.561. The molecule has 0 heterocycles. The van der Waals surface area contributed by atoms with E-state index in [-0.39, 0.29) is 0 Å². The Morgan fingerprint density at radius 2 is 0.913 bits per heavy atom. The number of hydrogen-bond donors (Lipinski definition) is 0. The van der Waals surface area contributed by atoms with Crippen molar-refractivity contribution in [2.75, 3.05) is 11.9 Å². The van der Waals surface area contributed by atoms with Gasteiger partial charge in [0.2, 0.25) is 0 Å². The Balaban J connectivity index is 1.73. The van der Waals surface area contributed by atoms with Gasteiger partial charge in [0, 0.05) is 28.2 Å². The molecule has 0 aliphatic carbocycles. The number of aryl methyl sites for hydroxylation is 2. The fourth-order valence-corrected chi connectivity index (χ4v) is 3.21. The first kappa shape index (κ1) is 15.7. The van der Waals surface area contributed by atoms with Gasteiger partial charge in [-0.2, -0.15) is 0 Å². The van der Waals surface area contributed by atoms with Gasteiger partial charge in [-0.1, -0.05) is 47.2 Å². The molecule has 0 bridgehead atoms. The molecule has 3 rings (SSSR count). The third-order valence-corrected chi connectivity index (χ3v) is 4.92. The first-order chi connectivity index (χ1) is 11.1. The Bertz CT molecular complexity index is 758. The lowest BCUT2D eigenvalue weighted by Crippen LogP contribution is -2.08. The van der Waals surface area contributed by atoms with E-state index in [0.29, 0.717) is 0 Å². The maximum Gasteiger partial charge on any atom is 0.0408 e. The van der Waals surface area contributed by atoms with Crippen LogP contribution in [0.5, 0.6) is 0 Å². The Kier molecular flexibility index (Phi) is 4.73. The largest absolute Gasteiger partial charge is 0.345 e. The highest BCUT2D eigenvalue weighted by molar-refractivity contribution is 7.99. The van der Waals surface area contributed by atoms with Crippen molar-refractivity contribution in [1.82, 2.24) is 0 Å². The van der Waals surface area contributed by atoms with Gasteiger partial charge in [-0.25, -0.2) is 0 Å². The van der Waals surface area contributed by atoms with Gasteiger partial charge in [0.15, 0.2) is 0 Å². The number of nitrogens with zero attached hydrogens (tertiary/aromatic N) is 1. The molecule has 0 unspecified atom stereocenters. The van der Waals surface area contributed by atoms with Crippen molar-refractivity contribution in [1.29, 1.82) is 0 Å². The molecule has 0 saturated carbocycles. The van der Waals surface area contributed by atoms with Gasteiger partial charge in [0.1, 0.15) is 0 Å². The van der Waals surface area contributed by atoms with Crippen LogP contribution in [-0.4, -0.2) is 7.05 Å². The summed E-state index contributed by atoms with van der Waals surface area (Å²) in [4.78, 5) is 4.74. The van der Waals surface area contributed by atoms with E-state index in [2.05, 4.69) is 98.6 Å². The first-order valence-electron chi connectivity index (χ1n) is 7.77. The van der Waals surface area contributed by atoms with Crippen molar-refractivity contribution in [3.8, 4) is 0 Å². The summed E-state index contributed by atoms with van der Waals surface area (Å²) in [5, 5.41) is 0. The SMILES string of the molecule is Cc1ccc(Sc2ccc(N(C)c3ccc(C)cc3)cc2)cc1. The Morgan fingerprint density at radius 1 is 0.565 bits per heavy atom. The highest BCUT2D eigenvalue weighted by Gasteiger charge is 2.04. The second-order valence-corrected chi connectivity index (χ2v) is 6.95. The van der Waals surface area contributed by atoms with E-state index in [9.17, 15) is 0 Å². The Morgan fingerprint density at radius 3 is 1.39 bits per heavy atom. The molecule has 0 radical (unpaired) electrons. The molecule has 116 valence electrons. The molecule has 0 fully saturated rings. The van der Waals surface area contributed by atoms with E-state index in [4.69, 9.17) is 0 Å². The lowest BCUT2D eigenvalue weighted by Gasteiger charge is -2.20. The lowest BCUT2D eigenvalue weighted by atomic mass is 10.2. The fourth-order valence-electron chi connectivity index (χ4n) is 2.40. The van der Waals surface area contributed by atoms with Crippen LogP contribution in [0.1, 0.15) is 11.1 Å². The van der Waals surface area contributed by atoms with Crippen LogP contribution in [0.4, 0.5) is 11.4 Å². The highest BCUT2D eigenvalue weighted by Crippen LogP contribution is 2.31. The molecule has 0 aromatic heterocycles. The Hall–Kier alpha value is -2.19. The van der Waals surface area contributed by atoms with Gasteiger partial charge in [0.25, 0.3) is 0 Å². The van der Waals surface area contributed by atoms with Crippen LogP contribution in [0.15, 0.2) is 82.6 Å². The number of benzene rings is 3. The van der Waals surface area contributed by atoms with Gasteiger partial charge in [-0.15, -0.1) is 0 Å². The molecule has 0 amide bonds. The molecule has 0 spiro atoms. The van der Waals surface area contributed by atoms with Gasteiger partial charge in [-0.3, -0.25) is 0 Å². The van der Waals surface area contributed by atoms with E-state index in [1.807, 2.05) is 0 Å². The normalized spacial score (nSPS) is 10.6. The van der Waals surface area contributed by atoms with E-state index < -0.39 is 0 Å². The van der Waals surface area contributed by atoms with E-state index in [1.165, 1.54) is 32.3 Å². The predicted molar refractivity (Wildman–Crippen MR) is 101 cm³/mol. The molecule has 3 aromatic rings. The lowest BCUT2D eigenvalue weighted by molar-refractivity contribution is 1.20. The first-order valence-corrected chi connectivity index (χ1v) is 8.58. The Labute approximate surface area is 143 Å². The van der Waals surface area contributed by atoms with Crippen LogP contribution >= 0.6 is 11.8 Å². The molecule has 1 nitrogen and oxygen atoms in total. The maximum atomic E-state index is 2.21. The number of hydrogen-bond acceptors (Lipinski definition) is 2. The van der Waals surface area contributed by atoms with Crippen molar-refractivity contribution >= 4 is 23.1 Å². The second kappa shape index (κ2) is 6.93. The summed E-state index contributed by atoms with van der Waals surface area (Å²) in [7, 11) is 2.10. The van der Waals surface area contributed by atoms with Crippen LogP contribution < -0.4 is 4.90 Å². The summed E-state index contributed by atoms with van der Waals surface area (Å²) in [5.41, 5.74) is 4.98. The topological polar surface area (TPSA) is 3.24 Å². The van der Waals surface area contributed by atoms with Crippen molar-refractivity contribution < 1.29 is 0 Å². The molecule has 0 aliphatic rings. The number of rotatable bonds is 4. The molecule has 2 heteroatoms. The number of anilines is 2. The van der Waals surface area contributed by atoms with Gasteiger partial charge >= 0.3 is 0 Å². The molecule has 0 atom stereocenters. The van der Waals surface area contributed by atoms with Crippen LogP contribution in [0, 0.1) is 13.8 Å². The van der Waals surface area contributed by atoms with Crippen LogP contribution in [0.3, 0.4) is 0 Å². The summed E-state index contributed by atoms with van der Waals surface area (Å²) in [6.07, 6.45) is 0. The van der Waals surface area contributed by atoms with Crippen molar-refractivity contribution in [2.45, 2.75) is 23.6 Å². The molecule has 0 saturated heterocycles. The third kappa shape index (κ3) is 3.96. The van der Waals surface area contributed by atoms with E-state index in [0.717, 1.165) is 0 Å². The average molecular weight is 319 g/mol.